The van der Waals surface area contributed by atoms with Crippen LogP contribution in [-0.2, 0) is 12.0 Å². The summed E-state index contributed by atoms with van der Waals surface area (Å²) in [5, 5.41) is 4.20. The molecular formula is C33H40ClFN4O. The van der Waals surface area contributed by atoms with E-state index in [0.717, 1.165) is 74.8 Å². The molecule has 1 aromatic heterocycles. The number of hydrogen-bond acceptors (Lipinski definition) is 5. The quantitative estimate of drug-likeness (QED) is 0.348. The molecular weight excluding hydrogens is 523 g/mol. The Morgan fingerprint density at radius 3 is 2.80 bits per heavy atom. The predicted molar refractivity (Wildman–Crippen MR) is 161 cm³/mol. The molecule has 1 N–H and O–H groups in total. The summed E-state index contributed by atoms with van der Waals surface area (Å²) in [7, 11) is 0. The molecule has 0 saturated carbocycles. The smallest absolute Gasteiger partial charge is 0.128 e. The average Bonchev–Trinajstić information content (AvgIpc) is 3.47. The van der Waals surface area contributed by atoms with Gasteiger partial charge in [-0.15, -0.1) is 0 Å². The van der Waals surface area contributed by atoms with Crippen molar-refractivity contribution < 1.29 is 9.13 Å². The van der Waals surface area contributed by atoms with Crippen molar-refractivity contribution in [3.05, 3.63) is 76.7 Å². The lowest BCUT2D eigenvalue weighted by molar-refractivity contribution is 0.0968. The molecule has 0 amide bonds. The van der Waals surface area contributed by atoms with E-state index in [0.29, 0.717) is 23.6 Å². The van der Waals surface area contributed by atoms with Crippen molar-refractivity contribution in [2.45, 2.75) is 57.5 Å². The summed E-state index contributed by atoms with van der Waals surface area (Å²) in [6, 6.07) is 18.1. The zero-order chi connectivity index (χ0) is 27.7. The maximum Gasteiger partial charge on any atom is 0.128 e. The third-order valence-electron chi connectivity index (χ3n) is 9.29. The number of pyridine rings is 1. The van der Waals surface area contributed by atoms with Crippen molar-refractivity contribution in [2.75, 3.05) is 44.2 Å². The number of anilines is 1. The highest BCUT2D eigenvalue weighted by Crippen LogP contribution is 2.48. The van der Waals surface area contributed by atoms with Gasteiger partial charge in [-0.1, -0.05) is 43.1 Å². The fourth-order valence-electron chi connectivity index (χ4n) is 7.40. The Labute approximate surface area is 242 Å². The van der Waals surface area contributed by atoms with E-state index in [1.807, 2.05) is 25.1 Å². The first-order valence-corrected chi connectivity index (χ1v) is 15.3. The summed E-state index contributed by atoms with van der Waals surface area (Å²) >= 11 is 6.52. The third-order valence-corrected chi connectivity index (χ3v) is 9.59. The summed E-state index contributed by atoms with van der Waals surface area (Å²) in [6.07, 6.45) is 4.55. The third kappa shape index (κ3) is 5.22. The van der Waals surface area contributed by atoms with Crippen LogP contribution in [0.15, 0.2) is 54.6 Å². The lowest BCUT2D eigenvalue weighted by Crippen LogP contribution is -2.58. The van der Waals surface area contributed by atoms with Crippen molar-refractivity contribution >= 4 is 17.3 Å². The number of piperidine rings is 1. The van der Waals surface area contributed by atoms with Gasteiger partial charge < -0.3 is 15.0 Å². The number of halogens is 2. The molecule has 4 heterocycles. The first-order valence-electron chi connectivity index (χ1n) is 14.9. The Morgan fingerprint density at radius 2 is 2.02 bits per heavy atom. The Balaban J connectivity index is 1.37. The molecule has 7 heteroatoms. The summed E-state index contributed by atoms with van der Waals surface area (Å²) in [5.74, 6) is 1.01. The highest BCUT2D eigenvalue weighted by atomic mass is 35.5. The van der Waals surface area contributed by atoms with E-state index in [-0.39, 0.29) is 11.2 Å². The van der Waals surface area contributed by atoms with Gasteiger partial charge >= 0.3 is 0 Å². The maximum atomic E-state index is 13.8. The highest BCUT2D eigenvalue weighted by Gasteiger charge is 2.48. The SMILES string of the molecule is CCOc1ccccc1-c1ccc2c(n1)CN(C[C@H]1CCCN1)CC21CCN(c2ccc(F)cc2Cl)CC1CC. The molecule has 3 aromatic rings. The minimum Gasteiger partial charge on any atom is -0.493 e. The number of ether oxygens (including phenoxy) is 1. The molecule has 2 fully saturated rings. The second-order valence-corrected chi connectivity index (χ2v) is 12.0. The normalized spacial score (nSPS) is 24.9. The van der Waals surface area contributed by atoms with Gasteiger partial charge in [0.25, 0.3) is 0 Å². The molecule has 2 aromatic carbocycles. The summed E-state index contributed by atoms with van der Waals surface area (Å²) in [5.41, 5.74) is 5.55. The molecule has 1 spiro atoms. The molecule has 5 nitrogen and oxygen atoms in total. The van der Waals surface area contributed by atoms with Crippen LogP contribution in [-0.4, -0.2) is 55.3 Å². The monoisotopic (exact) mass is 562 g/mol. The van der Waals surface area contributed by atoms with Crippen LogP contribution in [0.2, 0.25) is 5.02 Å². The van der Waals surface area contributed by atoms with Crippen LogP contribution >= 0.6 is 11.6 Å². The van der Waals surface area contributed by atoms with Crippen LogP contribution in [0.5, 0.6) is 5.75 Å². The molecule has 6 rings (SSSR count). The number of fused-ring (bicyclic) bond motifs is 2. The lowest BCUT2D eigenvalue weighted by atomic mass is 9.62. The summed E-state index contributed by atoms with van der Waals surface area (Å²) < 4.78 is 19.8. The number of hydrogen-bond donors (Lipinski definition) is 1. The van der Waals surface area contributed by atoms with Gasteiger partial charge in [-0.25, -0.2) is 4.39 Å². The fourth-order valence-corrected chi connectivity index (χ4v) is 7.69. The van der Waals surface area contributed by atoms with Crippen molar-refractivity contribution in [3.63, 3.8) is 0 Å². The molecule has 0 bridgehead atoms. The Morgan fingerprint density at radius 1 is 1.15 bits per heavy atom. The van der Waals surface area contributed by atoms with Gasteiger partial charge in [0.2, 0.25) is 0 Å². The Bertz CT molecular complexity index is 1350. The van der Waals surface area contributed by atoms with E-state index in [2.05, 4.69) is 46.3 Å². The number of para-hydroxylation sites is 1. The molecule has 3 atom stereocenters. The van der Waals surface area contributed by atoms with Gasteiger partial charge in [0.05, 0.1) is 28.7 Å². The molecule has 212 valence electrons. The van der Waals surface area contributed by atoms with E-state index < -0.39 is 0 Å². The Hall–Kier alpha value is -2.67. The van der Waals surface area contributed by atoms with Crippen molar-refractivity contribution in [2.24, 2.45) is 5.92 Å². The van der Waals surface area contributed by atoms with E-state index in [1.165, 1.54) is 36.2 Å². The van der Waals surface area contributed by atoms with Crippen LogP contribution in [0.1, 0.15) is 50.8 Å². The van der Waals surface area contributed by atoms with E-state index >= 15 is 0 Å². The Kier molecular flexibility index (Phi) is 8.02. The minimum atomic E-state index is -0.292. The molecule has 3 aliphatic rings. The molecule has 2 saturated heterocycles. The van der Waals surface area contributed by atoms with E-state index in [9.17, 15) is 4.39 Å². The average molecular weight is 563 g/mol. The summed E-state index contributed by atoms with van der Waals surface area (Å²) in [6.45, 7) is 10.8. The largest absolute Gasteiger partial charge is 0.493 e. The maximum absolute atomic E-state index is 13.8. The van der Waals surface area contributed by atoms with Gasteiger partial charge in [-0.05, 0) is 80.6 Å². The van der Waals surface area contributed by atoms with Gasteiger partial charge in [0.1, 0.15) is 11.6 Å². The fraction of sp³-hybridized carbons (Fsp3) is 0.485. The van der Waals surface area contributed by atoms with Crippen LogP contribution < -0.4 is 15.0 Å². The van der Waals surface area contributed by atoms with Gasteiger partial charge in [0, 0.05) is 49.7 Å². The van der Waals surface area contributed by atoms with Crippen molar-refractivity contribution in [1.29, 1.82) is 0 Å². The molecule has 0 radical (unpaired) electrons. The topological polar surface area (TPSA) is 40.6 Å². The first-order chi connectivity index (χ1) is 19.5. The van der Waals surface area contributed by atoms with E-state index in [1.54, 1.807) is 0 Å². The summed E-state index contributed by atoms with van der Waals surface area (Å²) in [4.78, 5) is 10.4. The first kappa shape index (κ1) is 27.5. The second-order valence-electron chi connectivity index (χ2n) is 11.6. The van der Waals surface area contributed by atoms with Crippen LogP contribution in [0.3, 0.4) is 0 Å². The van der Waals surface area contributed by atoms with Gasteiger partial charge in [-0.3, -0.25) is 9.88 Å². The number of rotatable bonds is 7. The van der Waals surface area contributed by atoms with Crippen LogP contribution in [0.4, 0.5) is 10.1 Å². The number of nitrogens with one attached hydrogen (secondary N) is 1. The lowest BCUT2D eigenvalue weighted by Gasteiger charge is -2.53. The minimum absolute atomic E-state index is 0.00884. The second kappa shape index (κ2) is 11.7. The van der Waals surface area contributed by atoms with Crippen molar-refractivity contribution in [1.82, 2.24) is 15.2 Å². The number of aromatic nitrogens is 1. The number of nitrogens with zero attached hydrogens (tertiary/aromatic N) is 3. The zero-order valence-electron chi connectivity index (χ0n) is 23.6. The van der Waals surface area contributed by atoms with Gasteiger partial charge in [-0.2, -0.15) is 0 Å². The highest BCUT2D eigenvalue weighted by molar-refractivity contribution is 6.33. The molecule has 0 aliphatic carbocycles. The van der Waals surface area contributed by atoms with Crippen molar-refractivity contribution in [3.8, 4) is 17.0 Å². The molecule has 2 unspecified atom stereocenters. The van der Waals surface area contributed by atoms with E-state index in [4.69, 9.17) is 21.3 Å². The number of benzene rings is 2. The van der Waals surface area contributed by atoms with Crippen LogP contribution in [0.25, 0.3) is 11.3 Å². The standard InChI is InChI=1S/C33H40ClFN4O/c1-3-23-19-39(31-14-11-24(35)18-28(31)34)17-15-33(23)22-38(20-25-8-7-16-36-25)21-30-27(33)12-13-29(37-30)26-9-5-6-10-32(26)40-4-2/h5-6,9-14,18,23,25,36H,3-4,7-8,15-17,19-22H2,1-2H3/t23?,25-,33?/m1/s1. The predicted octanol–water partition coefficient (Wildman–Crippen LogP) is 6.68. The molecule has 3 aliphatic heterocycles. The zero-order valence-corrected chi connectivity index (χ0v) is 24.4. The van der Waals surface area contributed by atoms with Gasteiger partial charge in [0.15, 0.2) is 0 Å². The van der Waals surface area contributed by atoms with Crippen LogP contribution in [0, 0.1) is 11.7 Å². The molecule has 40 heavy (non-hydrogen) atoms.